The van der Waals surface area contributed by atoms with Crippen molar-refractivity contribution in [1.29, 1.82) is 0 Å². The summed E-state index contributed by atoms with van der Waals surface area (Å²) in [6.45, 7) is 1.44. The maximum absolute atomic E-state index is 13.3. The van der Waals surface area contributed by atoms with Crippen LogP contribution in [0.2, 0.25) is 0 Å². The Balaban J connectivity index is 1.48. The molecule has 11 nitrogen and oxygen atoms in total. The van der Waals surface area contributed by atoms with Crippen LogP contribution in [0, 0.1) is 0 Å². The van der Waals surface area contributed by atoms with Crippen LogP contribution in [0.15, 0.2) is 41.9 Å². The molecule has 1 unspecified atom stereocenters. The van der Waals surface area contributed by atoms with E-state index in [0.717, 1.165) is 6.92 Å². The Hall–Kier alpha value is -3.52. The number of nitrogens with zero attached hydrogens (tertiary/aromatic N) is 3. The van der Waals surface area contributed by atoms with Gasteiger partial charge in [0.25, 0.3) is 0 Å². The van der Waals surface area contributed by atoms with Gasteiger partial charge in [-0.05, 0) is 25.5 Å². The molecule has 1 aromatic heterocycles. The van der Waals surface area contributed by atoms with E-state index in [9.17, 15) is 27.9 Å². The van der Waals surface area contributed by atoms with Gasteiger partial charge < -0.3 is 30.5 Å². The van der Waals surface area contributed by atoms with Gasteiger partial charge in [-0.3, -0.25) is 15.0 Å². The molecule has 196 valence electrons. The lowest BCUT2D eigenvalue weighted by Crippen LogP contribution is -2.57. The molecule has 3 amide bonds. The number of pyridine rings is 1. The second-order valence-corrected chi connectivity index (χ2v) is 8.68. The molecule has 0 radical (unpaired) electrons. The fraction of sp³-hybridized carbons (Fsp3) is 0.500. The molecular weight excluding hydrogens is 485 g/mol. The number of carbonyl (C=O) groups is 2. The van der Waals surface area contributed by atoms with Crippen LogP contribution in [-0.4, -0.2) is 93.6 Å². The highest BCUT2D eigenvalue weighted by molar-refractivity contribution is 5.91. The highest BCUT2D eigenvalue weighted by Gasteiger charge is 2.43. The number of anilines is 1. The van der Waals surface area contributed by atoms with E-state index in [0.29, 0.717) is 31.0 Å². The predicted octanol–water partition coefficient (Wildman–Crippen LogP) is 0.499. The maximum Gasteiger partial charge on any atom is 0.408 e. The van der Waals surface area contributed by atoms with Crippen molar-refractivity contribution in [3.05, 3.63) is 41.9 Å². The number of fused-ring (bicyclic) bond motifs is 3. The van der Waals surface area contributed by atoms with Gasteiger partial charge >= 0.3 is 12.2 Å². The minimum absolute atomic E-state index is 0.125. The van der Waals surface area contributed by atoms with Crippen LogP contribution >= 0.6 is 0 Å². The molecule has 4 rings (SSSR count). The van der Waals surface area contributed by atoms with Gasteiger partial charge in [0.1, 0.15) is 36.4 Å². The highest BCUT2D eigenvalue weighted by Crippen LogP contribution is 2.33. The van der Waals surface area contributed by atoms with Crippen LogP contribution < -0.4 is 20.7 Å². The zero-order valence-corrected chi connectivity index (χ0v) is 19.3. The van der Waals surface area contributed by atoms with E-state index in [-0.39, 0.29) is 24.3 Å². The van der Waals surface area contributed by atoms with Gasteiger partial charge in [0, 0.05) is 19.2 Å². The number of ether oxygens (including phenoxy) is 1. The number of rotatable bonds is 7. The monoisotopic (exact) mass is 512 g/mol. The average molecular weight is 512 g/mol. The Labute approximate surface area is 204 Å². The number of aliphatic hydroxyl groups excluding tert-OH is 2. The quantitative estimate of drug-likeness (QED) is 0.356. The van der Waals surface area contributed by atoms with E-state index >= 15 is 0 Å². The summed E-state index contributed by atoms with van der Waals surface area (Å²) in [4.78, 5) is 33.5. The number of amides is 3. The number of allylic oxidation sites excluding steroid dienone is 1. The summed E-state index contributed by atoms with van der Waals surface area (Å²) in [6, 6.07) is 0.756. The molecule has 3 aliphatic rings. The third-order valence-corrected chi connectivity index (χ3v) is 6.04. The van der Waals surface area contributed by atoms with Crippen LogP contribution in [0.3, 0.4) is 0 Å². The number of aliphatic hydroxyl groups is 2. The first-order valence-corrected chi connectivity index (χ1v) is 11.4. The van der Waals surface area contributed by atoms with E-state index in [1.807, 2.05) is 10.2 Å². The first-order chi connectivity index (χ1) is 17.1. The van der Waals surface area contributed by atoms with Crippen LogP contribution in [0.5, 0.6) is 5.88 Å². The SMILES string of the molecule is C[C@@H](NC(=O)C1C=CC2=C(N1)N(C(=O)Nc1cccc(OC[C@@H](O)CO)n1)[C@H]1CCN2C1)C(F)(F)F. The van der Waals surface area contributed by atoms with Crippen molar-refractivity contribution in [3.63, 3.8) is 0 Å². The summed E-state index contributed by atoms with van der Waals surface area (Å²) >= 11 is 0. The van der Waals surface area contributed by atoms with Gasteiger partial charge in [0.15, 0.2) is 0 Å². The largest absolute Gasteiger partial charge is 0.475 e. The Morgan fingerprint density at radius 1 is 1.36 bits per heavy atom. The fourth-order valence-electron chi connectivity index (χ4n) is 4.11. The van der Waals surface area contributed by atoms with Crippen molar-refractivity contribution >= 4 is 17.8 Å². The van der Waals surface area contributed by atoms with Gasteiger partial charge in [-0.25, -0.2) is 4.79 Å². The van der Waals surface area contributed by atoms with Crippen LogP contribution in [0.25, 0.3) is 0 Å². The van der Waals surface area contributed by atoms with E-state index < -0.39 is 42.9 Å². The summed E-state index contributed by atoms with van der Waals surface area (Å²) < 4.78 is 44.0. The van der Waals surface area contributed by atoms with E-state index in [4.69, 9.17) is 9.84 Å². The molecule has 0 spiro atoms. The van der Waals surface area contributed by atoms with E-state index in [2.05, 4.69) is 15.6 Å². The van der Waals surface area contributed by atoms with Crippen molar-refractivity contribution in [3.8, 4) is 5.88 Å². The number of halogens is 3. The molecular formula is C22H27F3N6O5. The first-order valence-electron chi connectivity index (χ1n) is 11.4. The lowest BCUT2D eigenvalue weighted by Gasteiger charge is -2.41. The number of carbonyl (C=O) groups excluding carboxylic acids is 2. The predicted molar refractivity (Wildman–Crippen MR) is 120 cm³/mol. The third-order valence-electron chi connectivity index (χ3n) is 6.04. The van der Waals surface area contributed by atoms with E-state index in [1.54, 1.807) is 12.1 Å². The number of urea groups is 1. The fourth-order valence-corrected chi connectivity index (χ4v) is 4.11. The number of hydrogen-bond donors (Lipinski definition) is 5. The highest BCUT2D eigenvalue weighted by atomic mass is 19.4. The molecule has 3 aliphatic heterocycles. The standard InChI is InChI=1S/C22H27F3N6O5/c1-12(22(23,24)25)26-20(34)15-5-6-16-19(27-15)31(13-7-8-30(16)9-13)21(35)29-17-3-2-4-18(28-17)36-11-14(33)10-32/h2-6,12-15,27,32-33H,7-11H2,1H3,(H,26,34)(H,28,29,35)/t12-,13+,14+,15?/m1/s1. The topological polar surface area (TPSA) is 139 Å². The smallest absolute Gasteiger partial charge is 0.408 e. The number of dihydropyridines is 1. The van der Waals surface area contributed by atoms with Gasteiger partial charge in [-0.2, -0.15) is 18.2 Å². The van der Waals surface area contributed by atoms with Crippen LogP contribution in [0.1, 0.15) is 13.3 Å². The molecule has 1 saturated heterocycles. The van der Waals surface area contributed by atoms with Crippen molar-refractivity contribution in [2.75, 3.05) is 31.6 Å². The third kappa shape index (κ3) is 5.49. The van der Waals surface area contributed by atoms with Crippen LogP contribution in [0.4, 0.5) is 23.8 Å². The van der Waals surface area contributed by atoms with Crippen molar-refractivity contribution < 1.29 is 37.7 Å². The van der Waals surface area contributed by atoms with Gasteiger partial charge in [-0.1, -0.05) is 12.1 Å². The second kappa shape index (κ2) is 10.2. The molecule has 14 heteroatoms. The van der Waals surface area contributed by atoms with Crippen molar-refractivity contribution in [2.45, 2.75) is 43.8 Å². The maximum atomic E-state index is 13.3. The van der Waals surface area contributed by atoms with Gasteiger partial charge in [0.05, 0.1) is 18.3 Å². The Morgan fingerprint density at radius 3 is 2.86 bits per heavy atom. The Kier molecular flexibility index (Phi) is 7.26. The van der Waals surface area contributed by atoms with Gasteiger partial charge in [-0.15, -0.1) is 0 Å². The van der Waals surface area contributed by atoms with Crippen LogP contribution in [-0.2, 0) is 4.79 Å². The van der Waals surface area contributed by atoms with Crippen molar-refractivity contribution in [1.82, 2.24) is 25.4 Å². The van der Waals surface area contributed by atoms with E-state index in [1.165, 1.54) is 23.1 Å². The molecule has 4 heterocycles. The molecule has 0 aliphatic carbocycles. The molecule has 1 fully saturated rings. The summed E-state index contributed by atoms with van der Waals surface area (Å²) in [6.07, 6.45) is -1.90. The Morgan fingerprint density at radius 2 is 2.14 bits per heavy atom. The lowest BCUT2D eigenvalue weighted by atomic mass is 10.1. The average Bonchev–Trinajstić information content (AvgIpc) is 3.25. The van der Waals surface area contributed by atoms with Crippen molar-refractivity contribution in [2.24, 2.45) is 0 Å². The summed E-state index contributed by atoms with van der Waals surface area (Å²) in [5.74, 6) is -0.257. The van der Waals surface area contributed by atoms with Gasteiger partial charge in [0.2, 0.25) is 11.8 Å². The summed E-state index contributed by atoms with van der Waals surface area (Å²) in [5, 5.41) is 25.9. The molecule has 0 saturated carbocycles. The Bertz CT molecular complexity index is 1060. The number of hydrogen-bond acceptors (Lipinski definition) is 8. The zero-order chi connectivity index (χ0) is 26.0. The molecule has 36 heavy (non-hydrogen) atoms. The normalized spacial score (nSPS) is 22.5. The molecule has 4 atom stereocenters. The summed E-state index contributed by atoms with van der Waals surface area (Å²) in [5.41, 5.74) is 0.662. The molecule has 0 aromatic carbocycles. The molecule has 1 aromatic rings. The minimum atomic E-state index is -4.58. The second-order valence-electron chi connectivity index (χ2n) is 8.68. The number of alkyl halides is 3. The number of nitrogens with one attached hydrogen (secondary N) is 3. The first kappa shape index (κ1) is 25.6. The summed E-state index contributed by atoms with van der Waals surface area (Å²) in [7, 11) is 0. The molecule has 2 bridgehead atoms. The minimum Gasteiger partial charge on any atom is -0.475 e. The molecule has 5 N–H and O–H groups in total. The number of aromatic nitrogens is 1. The lowest BCUT2D eigenvalue weighted by molar-refractivity contribution is -0.158. The zero-order valence-electron chi connectivity index (χ0n) is 19.3.